The topological polar surface area (TPSA) is 24.9 Å². The van der Waals surface area contributed by atoms with Gasteiger partial charge in [0, 0.05) is 25.0 Å². The Hall–Kier alpha value is -0.600. The molecule has 0 radical (unpaired) electrons. The second-order valence-corrected chi connectivity index (χ2v) is 5.75. The van der Waals surface area contributed by atoms with Crippen molar-refractivity contribution in [1.29, 1.82) is 0 Å². The van der Waals surface area contributed by atoms with E-state index in [0.29, 0.717) is 6.04 Å². The molecule has 1 rings (SSSR count). The van der Waals surface area contributed by atoms with Crippen molar-refractivity contribution in [3.05, 3.63) is 29.0 Å². The SMILES string of the molecule is CC(C)NCC(C)(C)Cc1ccncc1Cl. The molecule has 2 nitrogen and oxygen atoms in total. The van der Waals surface area contributed by atoms with Crippen molar-refractivity contribution in [3.8, 4) is 0 Å². The van der Waals surface area contributed by atoms with Gasteiger partial charge < -0.3 is 5.32 Å². The lowest BCUT2D eigenvalue weighted by atomic mass is 9.86. The fourth-order valence-electron chi connectivity index (χ4n) is 1.61. The summed E-state index contributed by atoms with van der Waals surface area (Å²) in [6.07, 6.45) is 4.48. The van der Waals surface area contributed by atoms with Crippen LogP contribution in [0.5, 0.6) is 0 Å². The molecule has 0 unspecified atom stereocenters. The Labute approximate surface area is 103 Å². The second-order valence-electron chi connectivity index (χ2n) is 5.34. The molecular formula is C13H21ClN2. The van der Waals surface area contributed by atoms with Crippen LogP contribution < -0.4 is 5.32 Å². The molecule has 0 aliphatic carbocycles. The standard InChI is InChI=1S/C13H21ClN2/c1-10(2)16-9-13(3,4)7-11-5-6-15-8-12(11)14/h5-6,8,10,16H,7,9H2,1-4H3. The summed E-state index contributed by atoms with van der Waals surface area (Å²) < 4.78 is 0. The van der Waals surface area contributed by atoms with Gasteiger partial charge in [-0.25, -0.2) is 0 Å². The molecule has 0 aromatic carbocycles. The first kappa shape index (κ1) is 13.5. The van der Waals surface area contributed by atoms with E-state index in [4.69, 9.17) is 11.6 Å². The smallest absolute Gasteiger partial charge is 0.0621 e. The van der Waals surface area contributed by atoms with E-state index in [2.05, 4.69) is 38.0 Å². The molecule has 0 spiro atoms. The van der Waals surface area contributed by atoms with Gasteiger partial charge in [-0.1, -0.05) is 39.3 Å². The predicted molar refractivity (Wildman–Crippen MR) is 69.9 cm³/mol. The van der Waals surface area contributed by atoms with Crippen molar-refractivity contribution in [1.82, 2.24) is 10.3 Å². The van der Waals surface area contributed by atoms with Crippen LogP contribution in [0.1, 0.15) is 33.3 Å². The first-order chi connectivity index (χ1) is 7.41. The average molecular weight is 241 g/mol. The first-order valence-corrected chi connectivity index (χ1v) is 6.10. The zero-order valence-corrected chi connectivity index (χ0v) is 11.3. The number of aromatic nitrogens is 1. The minimum absolute atomic E-state index is 0.204. The minimum Gasteiger partial charge on any atom is -0.314 e. The highest BCUT2D eigenvalue weighted by molar-refractivity contribution is 6.31. The van der Waals surface area contributed by atoms with Crippen LogP contribution in [-0.2, 0) is 6.42 Å². The minimum atomic E-state index is 0.204. The molecule has 3 heteroatoms. The van der Waals surface area contributed by atoms with Gasteiger partial charge in [-0.05, 0) is 23.5 Å². The third kappa shape index (κ3) is 4.50. The van der Waals surface area contributed by atoms with E-state index in [1.807, 2.05) is 6.07 Å². The molecule has 1 aromatic rings. The van der Waals surface area contributed by atoms with Crippen LogP contribution in [0.15, 0.2) is 18.5 Å². The molecule has 0 amide bonds. The summed E-state index contributed by atoms with van der Waals surface area (Å²) in [4.78, 5) is 4.00. The number of hydrogen-bond donors (Lipinski definition) is 1. The molecule has 1 aromatic heterocycles. The average Bonchev–Trinajstić information content (AvgIpc) is 2.19. The normalized spacial score (nSPS) is 12.1. The maximum Gasteiger partial charge on any atom is 0.0621 e. The quantitative estimate of drug-likeness (QED) is 0.854. The molecule has 0 bridgehead atoms. The van der Waals surface area contributed by atoms with Crippen molar-refractivity contribution in [3.63, 3.8) is 0 Å². The summed E-state index contributed by atoms with van der Waals surface area (Å²) in [5.74, 6) is 0. The summed E-state index contributed by atoms with van der Waals surface area (Å²) in [5.41, 5.74) is 1.38. The van der Waals surface area contributed by atoms with Gasteiger partial charge in [-0.15, -0.1) is 0 Å². The van der Waals surface area contributed by atoms with Crippen LogP contribution in [0, 0.1) is 5.41 Å². The molecule has 0 aliphatic rings. The largest absolute Gasteiger partial charge is 0.314 e. The summed E-state index contributed by atoms with van der Waals surface area (Å²) in [7, 11) is 0. The van der Waals surface area contributed by atoms with E-state index < -0.39 is 0 Å². The third-order valence-corrected chi connectivity index (χ3v) is 2.85. The Morgan fingerprint density at radius 1 is 1.44 bits per heavy atom. The van der Waals surface area contributed by atoms with E-state index in [0.717, 1.165) is 18.0 Å². The van der Waals surface area contributed by atoms with E-state index in [1.54, 1.807) is 12.4 Å². The van der Waals surface area contributed by atoms with Crippen LogP contribution in [0.3, 0.4) is 0 Å². The van der Waals surface area contributed by atoms with Gasteiger partial charge in [0.05, 0.1) is 5.02 Å². The van der Waals surface area contributed by atoms with Gasteiger partial charge in [0.2, 0.25) is 0 Å². The lowest BCUT2D eigenvalue weighted by Crippen LogP contribution is -2.35. The number of pyridine rings is 1. The van der Waals surface area contributed by atoms with Crippen LogP contribution in [0.4, 0.5) is 0 Å². The Morgan fingerprint density at radius 2 is 2.12 bits per heavy atom. The maximum atomic E-state index is 6.11. The van der Waals surface area contributed by atoms with Crippen molar-refractivity contribution >= 4 is 11.6 Å². The number of hydrogen-bond acceptors (Lipinski definition) is 2. The zero-order chi connectivity index (χ0) is 12.2. The monoisotopic (exact) mass is 240 g/mol. The fraction of sp³-hybridized carbons (Fsp3) is 0.615. The van der Waals surface area contributed by atoms with Gasteiger partial charge in [0.1, 0.15) is 0 Å². The highest BCUT2D eigenvalue weighted by Gasteiger charge is 2.19. The summed E-state index contributed by atoms with van der Waals surface area (Å²) in [6.45, 7) is 9.81. The van der Waals surface area contributed by atoms with Gasteiger partial charge >= 0.3 is 0 Å². The molecular weight excluding hydrogens is 220 g/mol. The molecule has 1 N–H and O–H groups in total. The molecule has 0 aliphatic heterocycles. The lowest BCUT2D eigenvalue weighted by molar-refractivity contribution is 0.326. The van der Waals surface area contributed by atoms with Gasteiger partial charge in [-0.3, -0.25) is 4.98 Å². The number of nitrogens with zero attached hydrogens (tertiary/aromatic N) is 1. The number of nitrogens with one attached hydrogen (secondary N) is 1. The van der Waals surface area contributed by atoms with Crippen molar-refractivity contribution < 1.29 is 0 Å². The molecule has 0 fully saturated rings. The van der Waals surface area contributed by atoms with Gasteiger partial charge in [0.15, 0.2) is 0 Å². The Morgan fingerprint density at radius 3 is 2.69 bits per heavy atom. The molecule has 0 atom stereocenters. The Kier molecular flexibility index (Phi) is 4.75. The Bertz CT molecular complexity index is 334. The maximum absolute atomic E-state index is 6.11. The highest BCUT2D eigenvalue weighted by atomic mass is 35.5. The van der Waals surface area contributed by atoms with Crippen LogP contribution >= 0.6 is 11.6 Å². The summed E-state index contributed by atoms with van der Waals surface area (Å²) in [6, 6.07) is 2.52. The third-order valence-electron chi connectivity index (χ3n) is 2.51. The predicted octanol–water partition coefficient (Wildman–Crippen LogP) is 3.30. The fourth-order valence-corrected chi connectivity index (χ4v) is 1.79. The van der Waals surface area contributed by atoms with E-state index in [-0.39, 0.29) is 5.41 Å². The van der Waals surface area contributed by atoms with E-state index in [1.165, 1.54) is 5.56 Å². The van der Waals surface area contributed by atoms with Crippen molar-refractivity contribution in [2.75, 3.05) is 6.54 Å². The molecule has 1 heterocycles. The molecule has 0 saturated carbocycles. The van der Waals surface area contributed by atoms with E-state index >= 15 is 0 Å². The Balaban J connectivity index is 2.62. The number of halogens is 1. The summed E-state index contributed by atoms with van der Waals surface area (Å²) >= 11 is 6.11. The molecule has 90 valence electrons. The zero-order valence-electron chi connectivity index (χ0n) is 10.5. The van der Waals surface area contributed by atoms with Gasteiger partial charge in [-0.2, -0.15) is 0 Å². The molecule has 0 saturated heterocycles. The van der Waals surface area contributed by atoms with Crippen molar-refractivity contribution in [2.24, 2.45) is 5.41 Å². The molecule has 16 heavy (non-hydrogen) atoms. The second kappa shape index (κ2) is 5.65. The van der Waals surface area contributed by atoms with Gasteiger partial charge in [0.25, 0.3) is 0 Å². The summed E-state index contributed by atoms with van der Waals surface area (Å²) in [5, 5.41) is 4.23. The first-order valence-electron chi connectivity index (χ1n) is 5.72. The number of rotatable bonds is 5. The lowest BCUT2D eigenvalue weighted by Gasteiger charge is -2.26. The van der Waals surface area contributed by atoms with Crippen molar-refractivity contribution in [2.45, 2.75) is 40.2 Å². The van der Waals surface area contributed by atoms with Crippen LogP contribution in [0.2, 0.25) is 5.02 Å². The van der Waals surface area contributed by atoms with Crippen LogP contribution in [-0.4, -0.2) is 17.6 Å². The highest BCUT2D eigenvalue weighted by Crippen LogP contribution is 2.25. The van der Waals surface area contributed by atoms with Crippen LogP contribution in [0.25, 0.3) is 0 Å². The van der Waals surface area contributed by atoms with E-state index in [9.17, 15) is 0 Å².